The molecule has 3 rings (SSSR count). The molecule has 2 heterocycles. The number of imide groups is 1. The number of rotatable bonds is 6. The highest BCUT2D eigenvalue weighted by molar-refractivity contribution is 6.47. The third-order valence-electron chi connectivity index (χ3n) is 5.84. The minimum absolute atomic E-state index is 0.00849. The Morgan fingerprint density at radius 2 is 1.91 bits per heavy atom. The van der Waals surface area contributed by atoms with Crippen molar-refractivity contribution in [3.63, 3.8) is 0 Å². The van der Waals surface area contributed by atoms with Crippen molar-refractivity contribution in [2.24, 2.45) is 5.92 Å². The Hall–Kier alpha value is -3.61. The van der Waals surface area contributed by atoms with Crippen molar-refractivity contribution in [3.8, 4) is 5.75 Å². The number of nitrogens with one attached hydrogen (secondary N) is 2. The second kappa shape index (κ2) is 10.1. The quantitative estimate of drug-likeness (QED) is 0.309. The molecule has 4 N–H and O–H groups in total. The summed E-state index contributed by atoms with van der Waals surface area (Å²) in [5, 5.41) is 24.8. The summed E-state index contributed by atoms with van der Waals surface area (Å²) in [4.78, 5) is 63.6. The predicted molar refractivity (Wildman–Crippen MR) is 119 cm³/mol. The van der Waals surface area contributed by atoms with E-state index in [0.29, 0.717) is 12.1 Å². The zero-order valence-corrected chi connectivity index (χ0v) is 19.1. The van der Waals surface area contributed by atoms with Crippen LogP contribution in [-0.4, -0.2) is 88.4 Å². The number of carbonyl (C=O) groups excluding carboxylic acids is 4. The number of para-hydroxylation sites is 1. The van der Waals surface area contributed by atoms with Gasteiger partial charge in [0.2, 0.25) is 5.91 Å². The van der Waals surface area contributed by atoms with Crippen molar-refractivity contribution in [2.75, 3.05) is 19.6 Å². The van der Waals surface area contributed by atoms with Crippen LogP contribution in [0.2, 0.25) is 0 Å². The minimum atomic E-state index is -1.51. The summed E-state index contributed by atoms with van der Waals surface area (Å²) in [5.74, 6) is -4.83. The van der Waals surface area contributed by atoms with Crippen LogP contribution in [0.15, 0.2) is 18.2 Å². The number of carboxylic acids is 1. The van der Waals surface area contributed by atoms with Crippen LogP contribution in [0.4, 0.5) is 4.79 Å². The lowest BCUT2D eigenvalue weighted by Crippen LogP contribution is -2.62. The van der Waals surface area contributed by atoms with E-state index in [2.05, 4.69) is 10.6 Å². The second-order valence-corrected chi connectivity index (χ2v) is 8.44. The van der Waals surface area contributed by atoms with E-state index in [1.807, 2.05) is 0 Å². The molecule has 1 aromatic rings. The van der Waals surface area contributed by atoms with E-state index in [1.54, 1.807) is 26.8 Å². The number of benzene rings is 1. The first-order valence-corrected chi connectivity index (χ1v) is 11.0. The zero-order chi connectivity index (χ0) is 25.2. The van der Waals surface area contributed by atoms with Crippen LogP contribution in [0.25, 0.3) is 0 Å². The molecular formula is C21H27BN4O8. The van der Waals surface area contributed by atoms with Gasteiger partial charge in [0.15, 0.2) is 0 Å². The number of urea groups is 1. The fourth-order valence-corrected chi connectivity index (χ4v) is 3.90. The summed E-state index contributed by atoms with van der Waals surface area (Å²) >= 11 is 0. The molecule has 1 aromatic carbocycles. The number of carboxylic acid groups (broad SMARTS) is 1. The van der Waals surface area contributed by atoms with Crippen molar-refractivity contribution in [1.82, 2.24) is 20.4 Å². The Morgan fingerprint density at radius 3 is 2.53 bits per heavy atom. The molecule has 0 saturated carbocycles. The highest BCUT2D eigenvalue weighted by Crippen LogP contribution is 2.30. The van der Waals surface area contributed by atoms with Crippen LogP contribution in [0.3, 0.4) is 0 Å². The molecule has 0 aliphatic carbocycles. The summed E-state index contributed by atoms with van der Waals surface area (Å²) in [5.41, 5.74) is 0.398. The Balaban J connectivity index is 1.69. The fraction of sp³-hybridized carbons (Fsp3) is 0.476. The topological polar surface area (TPSA) is 166 Å². The Morgan fingerprint density at radius 1 is 1.21 bits per heavy atom. The number of carbonyl (C=O) groups is 5. The Labute approximate surface area is 196 Å². The van der Waals surface area contributed by atoms with E-state index < -0.39 is 48.8 Å². The Kier molecular flexibility index (Phi) is 7.45. The van der Waals surface area contributed by atoms with Crippen molar-refractivity contribution in [2.45, 2.75) is 39.2 Å². The molecule has 0 spiro atoms. The SMILES string of the molecule is CCN1CCN(C(=O)N[C@@H](C(=O)N[C@H]2Cc3cccc(C(=O)O)c3OB2O)C(C)C)C(=O)C1=O. The smallest absolute Gasteiger partial charge is 0.534 e. The van der Waals surface area contributed by atoms with Gasteiger partial charge in [-0.1, -0.05) is 26.0 Å². The molecule has 0 radical (unpaired) electrons. The Bertz CT molecular complexity index is 1020. The van der Waals surface area contributed by atoms with Gasteiger partial charge in [0, 0.05) is 19.6 Å². The molecular weight excluding hydrogens is 447 g/mol. The van der Waals surface area contributed by atoms with Crippen molar-refractivity contribution < 1.29 is 38.8 Å². The van der Waals surface area contributed by atoms with Gasteiger partial charge >= 0.3 is 30.9 Å². The van der Waals surface area contributed by atoms with Gasteiger partial charge in [-0.05, 0) is 30.9 Å². The van der Waals surface area contributed by atoms with Crippen LogP contribution in [-0.2, 0) is 20.8 Å². The summed E-state index contributed by atoms with van der Waals surface area (Å²) in [6.45, 7) is 5.67. The summed E-state index contributed by atoms with van der Waals surface area (Å²) in [6, 6.07) is 2.59. The number of fused-ring (bicyclic) bond motifs is 1. The van der Waals surface area contributed by atoms with Gasteiger partial charge in [-0.3, -0.25) is 19.3 Å². The van der Waals surface area contributed by atoms with Crippen LogP contribution in [0, 0.1) is 5.92 Å². The number of nitrogens with zero attached hydrogens (tertiary/aromatic N) is 2. The fourth-order valence-electron chi connectivity index (χ4n) is 3.90. The summed E-state index contributed by atoms with van der Waals surface area (Å²) in [6.07, 6.45) is 0.105. The molecule has 182 valence electrons. The molecule has 5 amide bonds. The molecule has 34 heavy (non-hydrogen) atoms. The van der Waals surface area contributed by atoms with Crippen LogP contribution in [0.1, 0.15) is 36.7 Å². The van der Waals surface area contributed by atoms with E-state index in [9.17, 15) is 34.1 Å². The number of aromatic carboxylic acids is 1. The van der Waals surface area contributed by atoms with Gasteiger partial charge in [-0.15, -0.1) is 0 Å². The molecule has 13 heteroatoms. The average molecular weight is 474 g/mol. The van der Waals surface area contributed by atoms with E-state index in [0.717, 1.165) is 4.90 Å². The number of piperazine rings is 1. The number of hydrogen-bond donors (Lipinski definition) is 4. The van der Waals surface area contributed by atoms with Crippen molar-refractivity contribution >= 4 is 36.8 Å². The van der Waals surface area contributed by atoms with Crippen molar-refractivity contribution in [3.05, 3.63) is 29.3 Å². The molecule has 2 aliphatic heterocycles. The normalized spacial score (nSPS) is 18.9. The molecule has 0 bridgehead atoms. The van der Waals surface area contributed by atoms with Crippen molar-refractivity contribution in [1.29, 1.82) is 0 Å². The van der Waals surface area contributed by atoms with Gasteiger partial charge < -0.3 is 30.3 Å². The van der Waals surface area contributed by atoms with E-state index in [4.69, 9.17) is 4.65 Å². The zero-order valence-electron chi connectivity index (χ0n) is 19.1. The lowest BCUT2D eigenvalue weighted by atomic mass is 9.72. The third kappa shape index (κ3) is 4.98. The van der Waals surface area contributed by atoms with Crippen LogP contribution in [0.5, 0.6) is 5.75 Å². The highest BCUT2D eigenvalue weighted by atomic mass is 16.5. The molecule has 0 aromatic heterocycles. The molecule has 12 nitrogen and oxygen atoms in total. The highest BCUT2D eigenvalue weighted by Gasteiger charge is 2.41. The molecule has 0 unspecified atom stereocenters. The maximum absolute atomic E-state index is 13.0. The lowest BCUT2D eigenvalue weighted by molar-refractivity contribution is -0.153. The van der Waals surface area contributed by atoms with Crippen LogP contribution >= 0.6 is 0 Å². The molecule has 1 fully saturated rings. The maximum Gasteiger partial charge on any atom is 0.547 e. The number of amides is 5. The van der Waals surface area contributed by atoms with E-state index in [1.165, 1.54) is 17.0 Å². The largest absolute Gasteiger partial charge is 0.547 e. The molecule has 2 aliphatic rings. The van der Waals surface area contributed by atoms with E-state index in [-0.39, 0.29) is 36.7 Å². The number of likely N-dealkylation sites (N-methyl/N-ethyl adjacent to an activating group) is 1. The maximum atomic E-state index is 13.0. The van der Waals surface area contributed by atoms with Gasteiger partial charge in [0.05, 0.1) is 11.5 Å². The molecule has 2 atom stereocenters. The van der Waals surface area contributed by atoms with E-state index >= 15 is 0 Å². The standard InChI is InChI=1S/C21H27BN4O8/c1-4-25-8-9-26(19(29)18(25)28)21(32)24-15(11(2)3)17(27)23-14-10-12-6-5-7-13(20(30)31)16(12)34-22(14)33/h5-7,11,14-15,33H,4,8-10H2,1-3H3,(H,23,27)(H,24,32)(H,30,31)/t14-,15+/m0/s1. The van der Waals surface area contributed by atoms with Gasteiger partial charge in [-0.25, -0.2) is 9.59 Å². The van der Waals surface area contributed by atoms with Crippen LogP contribution < -0.4 is 15.3 Å². The number of hydrogen-bond acceptors (Lipinski definition) is 7. The first-order valence-electron chi connectivity index (χ1n) is 11.0. The van der Waals surface area contributed by atoms with Gasteiger partial charge in [0.25, 0.3) is 0 Å². The minimum Gasteiger partial charge on any atom is -0.534 e. The van der Waals surface area contributed by atoms with Gasteiger partial charge in [0.1, 0.15) is 11.8 Å². The first-order chi connectivity index (χ1) is 16.0. The average Bonchev–Trinajstić information content (AvgIpc) is 2.78. The lowest BCUT2D eigenvalue weighted by Gasteiger charge is -2.34. The monoisotopic (exact) mass is 474 g/mol. The predicted octanol–water partition coefficient (Wildman–Crippen LogP) is -0.751. The summed E-state index contributed by atoms with van der Waals surface area (Å²) in [7, 11) is -1.51. The molecule has 1 saturated heterocycles. The summed E-state index contributed by atoms with van der Waals surface area (Å²) < 4.78 is 5.38. The third-order valence-corrected chi connectivity index (χ3v) is 5.84. The van der Waals surface area contributed by atoms with Gasteiger partial charge in [-0.2, -0.15) is 0 Å². The second-order valence-electron chi connectivity index (χ2n) is 8.44. The first kappa shape index (κ1) is 25.0.